The molecule has 0 aliphatic heterocycles. The Bertz CT molecular complexity index is 2110. The lowest BCUT2D eigenvalue weighted by molar-refractivity contribution is -0.0105. The fraction of sp³-hybridized carbons (Fsp3) is 0.152. The van der Waals surface area contributed by atoms with E-state index in [1.165, 1.54) is 45.3 Å². The number of aryl methyl sites for hydroxylation is 2. The predicted octanol–water partition coefficient (Wildman–Crippen LogP) is 10.4. The first-order chi connectivity index (χ1) is 21.9. The van der Waals surface area contributed by atoms with Crippen LogP contribution in [0.4, 0.5) is 13.2 Å². The van der Waals surface area contributed by atoms with Crippen molar-refractivity contribution in [3.63, 3.8) is 0 Å². The monoisotopic (exact) mass is 716 g/mol. The highest BCUT2D eigenvalue weighted by Crippen LogP contribution is 2.65. The van der Waals surface area contributed by atoms with Gasteiger partial charge in [0.15, 0.2) is 6.17 Å². The molecule has 0 saturated heterocycles. The van der Waals surface area contributed by atoms with Gasteiger partial charge in [0.1, 0.15) is 37.6 Å². The Labute approximate surface area is 290 Å². The van der Waals surface area contributed by atoms with Crippen LogP contribution in [0.5, 0.6) is 0 Å². The SMILES string of the molecule is BC1(B)C(c2cc(-c3ccc(C)s3)sc2-c2ccc(C#N)s2)=C(c2cc(-c3ccc(C)s3)sc2-c2ccc(C#N)s2)C(F)(F)C1F. The van der Waals surface area contributed by atoms with Gasteiger partial charge in [-0.3, -0.25) is 0 Å². The minimum atomic E-state index is -3.79. The fourth-order valence-electron chi connectivity index (χ4n) is 5.93. The van der Waals surface area contributed by atoms with Gasteiger partial charge in [0, 0.05) is 50.2 Å². The second kappa shape index (κ2) is 11.5. The zero-order valence-electron chi connectivity index (χ0n) is 24.8. The lowest BCUT2D eigenvalue weighted by Gasteiger charge is -2.27. The molecular weight excluding hydrogens is 695 g/mol. The molecule has 0 N–H and O–H groups in total. The van der Waals surface area contributed by atoms with Crippen LogP contribution in [0.15, 0.2) is 60.7 Å². The summed E-state index contributed by atoms with van der Waals surface area (Å²) < 4.78 is 49.8. The first-order valence-corrected chi connectivity index (χ1v) is 19.0. The summed E-state index contributed by atoms with van der Waals surface area (Å²) in [6, 6.07) is 23.1. The number of hydrogen-bond donors (Lipinski definition) is 0. The summed E-state index contributed by atoms with van der Waals surface area (Å²) in [4.78, 5) is 9.68. The van der Waals surface area contributed by atoms with Crippen LogP contribution < -0.4 is 0 Å². The summed E-state index contributed by atoms with van der Waals surface area (Å²) in [5.41, 5.74) is 0.812. The average molecular weight is 717 g/mol. The Morgan fingerprint density at radius 1 is 0.609 bits per heavy atom. The lowest BCUT2D eigenvalue weighted by Crippen LogP contribution is -2.35. The third kappa shape index (κ3) is 5.09. The summed E-state index contributed by atoms with van der Waals surface area (Å²) in [6.45, 7) is 4.02. The van der Waals surface area contributed by atoms with Gasteiger partial charge in [0.25, 0.3) is 0 Å². The van der Waals surface area contributed by atoms with Crippen LogP contribution in [0, 0.1) is 36.5 Å². The smallest absolute Gasteiger partial charge is 0.241 e. The van der Waals surface area contributed by atoms with Crippen LogP contribution in [0.3, 0.4) is 0 Å². The molecule has 0 fully saturated rings. The van der Waals surface area contributed by atoms with Gasteiger partial charge in [-0.2, -0.15) is 19.3 Å². The number of nitriles is 2. The summed E-state index contributed by atoms with van der Waals surface area (Å²) >= 11 is 8.61. The second-order valence-electron chi connectivity index (χ2n) is 11.5. The number of allylic oxidation sites excluding steroid dienone is 2. The Hall–Kier alpha value is -3.16. The molecule has 0 bridgehead atoms. The van der Waals surface area contributed by atoms with Gasteiger partial charge in [0.05, 0.1) is 9.75 Å². The standard InChI is InChI=1S/C33H21B2F3N2S6/c1-15-3-7-21(41-15)25-11-19(29(45-25)23-9-5-17(13-39)43-23)27-28(33(37,38)31(36)32(27,34)35)20-12-26(22-8-4-16(2)42-22)46-30(20)24-10-6-18(14-40)44-24/h3-12,31H,34-35H2,1-2H3. The highest BCUT2D eigenvalue weighted by Gasteiger charge is 2.61. The van der Waals surface area contributed by atoms with Crippen LogP contribution in [0.25, 0.3) is 50.2 Å². The van der Waals surface area contributed by atoms with E-state index >= 15 is 13.2 Å². The van der Waals surface area contributed by atoms with Crippen molar-refractivity contribution in [1.29, 1.82) is 10.5 Å². The van der Waals surface area contributed by atoms with Gasteiger partial charge in [-0.25, -0.2) is 4.39 Å². The zero-order chi connectivity index (χ0) is 32.5. The van der Waals surface area contributed by atoms with Crippen LogP contribution in [0.1, 0.15) is 30.6 Å². The molecular formula is C33H21B2F3N2S6. The molecule has 6 aromatic rings. The Balaban J connectivity index is 1.57. The van der Waals surface area contributed by atoms with Crippen molar-refractivity contribution in [2.24, 2.45) is 0 Å². The zero-order valence-corrected chi connectivity index (χ0v) is 29.7. The van der Waals surface area contributed by atoms with Gasteiger partial charge in [-0.15, -0.1) is 68.0 Å². The number of rotatable bonds is 6. The first kappa shape index (κ1) is 31.4. The van der Waals surface area contributed by atoms with E-state index in [1.54, 1.807) is 62.6 Å². The van der Waals surface area contributed by atoms with E-state index in [9.17, 15) is 10.5 Å². The van der Waals surface area contributed by atoms with E-state index in [1.807, 2.05) is 50.2 Å². The van der Waals surface area contributed by atoms with E-state index in [2.05, 4.69) is 12.1 Å². The number of hydrogen-bond acceptors (Lipinski definition) is 8. The van der Waals surface area contributed by atoms with Crippen molar-refractivity contribution in [2.45, 2.75) is 31.2 Å². The van der Waals surface area contributed by atoms with Crippen molar-refractivity contribution in [3.05, 3.63) is 91.3 Å². The minimum Gasteiger partial charge on any atom is -0.241 e. The van der Waals surface area contributed by atoms with Crippen molar-refractivity contribution >= 4 is 94.9 Å². The molecule has 0 saturated carbocycles. The molecule has 1 atom stereocenters. The van der Waals surface area contributed by atoms with Crippen molar-refractivity contribution in [3.8, 4) is 51.2 Å². The second-order valence-corrected chi connectivity index (χ2v) is 18.4. The molecule has 0 radical (unpaired) electrons. The van der Waals surface area contributed by atoms with E-state index < -0.39 is 17.3 Å². The summed E-state index contributed by atoms with van der Waals surface area (Å²) in [7, 11) is 3.13. The average Bonchev–Trinajstić information content (AvgIpc) is 3.86. The number of nitrogens with zero attached hydrogens (tertiary/aromatic N) is 2. The topological polar surface area (TPSA) is 47.6 Å². The van der Waals surface area contributed by atoms with Gasteiger partial charge in [-0.05, 0) is 90.9 Å². The van der Waals surface area contributed by atoms with Gasteiger partial charge >= 0.3 is 5.92 Å². The van der Waals surface area contributed by atoms with Gasteiger partial charge in [-0.1, -0.05) is 0 Å². The maximum atomic E-state index is 16.7. The molecule has 226 valence electrons. The third-order valence-corrected chi connectivity index (χ3v) is 15.0. The number of halogens is 3. The molecule has 0 spiro atoms. The van der Waals surface area contributed by atoms with Crippen LogP contribution in [0.2, 0.25) is 5.21 Å². The Morgan fingerprint density at radius 2 is 1.04 bits per heavy atom. The molecule has 6 aromatic heterocycles. The fourth-order valence-corrected chi connectivity index (χ4v) is 12.0. The molecule has 0 aromatic carbocycles. The Morgan fingerprint density at radius 3 is 1.43 bits per heavy atom. The van der Waals surface area contributed by atoms with Crippen molar-refractivity contribution < 1.29 is 13.2 Å². The molecule has 0 amide bonds. The predicted molar refractivity (Wildman–Crippen MR) is 197 cm³/mol. The molecule has 7 rings (SSSR count). The van der Waals surface area contributed by atoms with E-state index in [4.69, 9.17) is 0 Å². The number of alkyl halides is 3. The molecule has 6 heterocycles. The maximum absolute atomic E-state index is 16.7. The Kier molecular flexibility index (Phi) is 7.87. The molecule has 1 aliphatic carbocycles. The van der Waals surface area contributed by atoms with Crippen LogP contribution in [-0.2, 0) is 0 Å². The van der Waals surface area contributed by atoms with E-state index in [0.717, 1.165) is 39.0 Å². The first-order valence-electron chi connectivity index (χ1n) is 14.1. The minimum absolute atomic E-state index is 0.271. The van der Waals surface area contributed by atoms with Crippen molar-refractivity contribution in [2.75, 3.05) is 0 Å². The van der Waals surface area contributed by atoms with E-state index in [-0.39, 0.29) is 11.1 Å². The van der Waals surface area contributed by atoms with Gasteiger partial charge < -0.3 is 0 Å². The molecule has 13 heteroatoms. The maximum Gasteiger partial charge on any atom is 0.304 e. The largest absolute Gasteiger partial charge is 0.304 e. The van der Waals surface area contributed by atoms with E-state index in [0.29, 0.717) is 30.6 Å². The highest BCUT2D eigenvalue weighted by atomic mass is 32.1. The normalized spacial score (nSPS) is 17.0. The molecule has 46 heavy (non-hydrogen) atoms. The summed E-state index contributed by atoms with van der Waals surface area (Å²) in [6.07, 6.45) is -2.47. The quantitative estimate of drug-likeness (QED) is 0.161. The van der Waals surface area contributed by atoms with Crippen molar-refractivity contribution in [1.82, 2.24) is 0 Å². The third-order valence-electron chi connectivity index (χ3n) is 8.03. The van der Waals surface area contributed by atoms with Crippen LogP contribution in [-0.4, -0.2) is 27.8 Å². The van der Waals surface area contributed by atoms with Gasteiger partial charge in [0.2, 0.25) is 0 Å². The molecule has 2 nitrogen and oxygen atoms in total. The van der Waals surface area contributed by atoms with Crippen LogP contribution >= 0.6 is 68.0 Å². The number of thiophene rings is 6. The molecule has 1 unspecified atom stereocenters. The highest BCUT2D eigenvalue weighted by molar-refractivity contribution is 7.27. The lowest BCUT2D eigenvalue weighted by atomic mass is 9.49. The molecule has 1 aliphatic rings. The summed E-state index contributed by atoms with van der Waals surface area (Å²) in [5, 5.41) is 17.6. The summed E-state index contributed by atoms with van der Waals surface area (Å²) in [5.74, 6) is -3.79.